The summed E-state index contributed by atoms with van der Waals surface area (Å²) in [6.45, 7) is -0.537. The van der Waals surface area contributed by atoms with Crippen molar-refractivity contribution in [3.8, 4) is 5.75 Å². The highest BCUT2D eigenvalue weighted by atomic mass is 35.5. The van der Waals surface area contributed by atoms with Gasteiger partial charge in [0.2, 0.25) is 5.91 Å². The number of nitrogens with two attached hydrogens (primary N) is 1. The lowest BCUT2D eigenvalue weighted by Gasteiger charge is -2.17. The molecule has 3 N–H and O–H groups in total. The van der Waals surface area contributed by atoms with Crippen LogP contribution in [0.4, 0.5) is 13.2 Å². The zero-order valence-electron chi connectivity index (χ0n) is 13.0. The van der Waals surface area contributed by atoms with Crippen LogP contribution < -0.4 is 15.8 Å². The number of ketones is 1. The highest BCUT2D eigenvalue weighted by Crippen LogP contribution is 2.42. The van der Waals surface area contributed by atoms with Crippen molar-refractivity contribution in [3.05, 3.63) is 40.4 Å². The first kappa shape index (κ1) is 19.0. The number of halogens is 4. The lowest BCUT2D eigenvalue weighted by molar-refractivity contribution is -0.137. The van der Waals surface area contributed by atoms with Crippen LogP contribution in [0.5, 0.6) is 5.75 Å². The van der Waals surface area contributed by atoms with Gasteiger partial charge in [0, 0.05) is 5.56 Å². The number of carbonyl (C=O) groups excluding carboxylic acids is 2. The molecule has 0 aliphatic carbocycles. The van der Waals surface area contributed by atoms with E-state index in [4.69, 9.17) is 22.1 Å². The third-order valence-electron chi connectivity index (χ3n) is 3.48. The van der Waals surface area contributed by atoms with Crippen molar-refractivity contribution >= 4 is 34.1 Å². The van der Waals surface area contributed by atoms with Crippen LogP contribution in [0.2, 0.25) is 5.02 Å². The molecule has 1 amide bonds. The molecule has 2 aromatic rings. The van der Waals surface area contributed by atoms with E-state index in [-0.39, 0.29) is 40.2 Å². The molecule has 2 rings (SSSR count). The van der Waals surface area contributed by atoms with Crippen LogP contribution in [-0.2, 0) is 11.0 Å². The minimum atomic E-state index is -4.68. The molecule has 5 nitrogen and oxygen atoms in total. The molecule has 0 aliphatic rings. The molecule has 0 heterocycles. The zero-order chi connectivity index (χ0) is 18.8. The zero-order valence-corrected chi connectivity index (χ0v) is 13.8. The van der Waals surface area contributed by atoms with Crippen LogP contribution in [0.1, 0.15) is 15.9 Å². The Hall–Kier alpha value is -2.32. The smallest absolute Gasteiger partial charge is 0.420 e. The number of hydrogen-bond donors (Lipinski definition) is 2. The van der Waals surface area contributed by atoms with E-state index in [1.165, 1.54) is 18.2 Å². The van der Waals surface area contributed by atoms with Crippen LogP contribution in [0.25, 0.3) is 10.8 Å². The quantitative estimate of drug-likeness (QED) is 0.762. The summed E-state index contributed by atoms with van der Waals surface area (Å²) in [5, 5.41) is 2.37. The summed E-state index contributed by atoms with van der Waals surface area (Å²) in [5.41, 5.74) is 3.91. The Bertz CT molecular complexity index is 837. The summed E-state index contributed by atoms with van der Waals surface area (Å²) in [4.78, 5) is 23.1. The van der Waals surface area contributed by atoms with E-state index in [2.05, 4.69) is 5.32 Å². The van der Waals surface area contributed by atoms with E-state index in [1.54, 1.807) is 0 Å². The maximum Gasteiger partial charge on any atom is 0.420 e. The van der Waals surface area contributed by atoms with E-state index >= 15 is 0 Å². The number of alkyl halides is 3. The minimum Gasteiger partial charge on any atom is -0.496 e. The molecule has 0 spiro atoms. The van der Waals surface area contributed by atoms with Gasteiger partial charge in [-0.1, -0.05) is 17.7 Å². The van der Waals surface area contributed by atoms with E-state index in [0.717, 1.165) is 13.2 Å². The third kappa shape index (κ3) is 4.02. The molecule has 0 saturated carbocycles. The third-order valence-corrected chi connectivity index (χ3v) is 3.79. The largest absolute Gasteiger partial charge is 0.496 e. The van der Waals surface area contributed by atoms with Crippen molar-refractivity contribution in [2.75, 3.05) is 20.2 Å². The fraction of sp³-hybridized carbons (Fsp3) is 0.250. The van der Waals surface area contributed by atoms with Gasteiger partial charge in [-0.05, 0) is 29.0 Å². The van der Waals surface area contributed by atoms with Crippen LogP contribution in [-0.4, -0.2) is 31.9 Å². The normalized spacial score (nSPS) is 11.6. The van der Waals surface area contributed by atoms with Gasteiger partial charge in [0.05, 0.1) is 25.2 Å². The molecule has 25 heavy (non-hydrogen) atoms. The number of amides is 1. The number of nitrogens with one attached hydrogen (secondary N) is 1. The predicted molar refractivity (Wildman–Crippen MR) is 86.9 cm³/mol. The standard InChI is InChI=1S/C16H14ClF3N2O3/c1-25-12-5-3-8-9(15(12)16(18,19)20)2-4-10(17)14(8)11(23)6-22-7-13(21)24/h2-5,22H,6-7H2,1H3,(H2,21,24). The summed E-state index contributed by atoms with van der Waals surface area (Å²) in [5.74, 6) is -1.58. The lowest BCUT2D eigenvalue weighted by atomic mass is 9.96. The van der Waals surface area contributed by atoms with Gasteiger partial charge in [-0.25, -0.2) is 0 Å². The molecular formula is C16H14ClF3N2O3. The number of rotatable bonds is 6. The van der Waals surface area contributed by atoms with Crippen LogP contribution in [0, 0.1) is 0 Å². The van der Waals surface area contributed by atoms with Gasteiger partial charge in [0.25, 0.3) is 0 Å². The Morgan fingerprint density at radius 3 is 2.36 bits per heavy atom. The molecule has 0 saturated heterocycles. The van der Waals surface area contributed by atoms with E-state index in [9.17, 15) is 22.8 Å². The molecule has 0 radical (unpaired) electrons. The number of benzene rings is 2. The molecular weight excluding hydrogens is 361 g/mol. The molecule has 0 atom stereocenters. The van der Waals surface area contributed by atoms with E-state index < -0.39 is 23.4 Å². The average Bonchev–Trinajstić information content (AvgIpc) is 2.52. The fourth-order valence-corrected chi connectivity index (χ4v) is 2.76. The Labute approximate surface area is 145 Å². The van der Waals surface area contributed by atoms with E-state index in [1.807, 2.05) is 0 Å². The van der Waals surface area contributed by atoms with Gasteiger partial charge >= 0.3 is 6.18 Å². The number of primary amides is 1. The summed E-state index contributed by atoms with van der Waals surface area (Å²) in [6, 6.07) is 4.89. The van der Waals surface area contributed by atoms with Gasteiger partial charge in [-0.15, -0.1) is 0 Å². The number of fused-ring (bicyclic) bond motifs is 1. The predicted octanol–water partition coefficient (Wildman–Crippen LogP) is 2.78. The van der Waals surface area contributed by atoms with Crippen LogP contribution >= 0.6 is 11.6 Å². The Morgan fingerprint density at radius 1 is 1.16 bits per heavy atom. The maximum absolute atomic E-state index is 13.4. The molecule has 0 fully saturated rings. The van der Waals surface area contributed by atoms with Crippen molar-refractivity contribution in [1.82, 2.24) is 5.32 Å². The van der Waals surface area contributed by atoms with Crippen molar-refractivity contribution in [3.63, 3.8) is 0 Å². The van der Waals surface area contributed by atoms with Gasteiger partial charge in [-0.3, -0.25) is 9.59 Å². The van der Waals surface area contributed by atoms with Crippen LogP contribution in [0.3, 0.4) is 0 Å². The number of methoxy groups -OCH3 is 1. The summed E-state index contributed by atoms with van der Waals surface area (Å²) in [6.07, 6.45) is -4.68. The first-order chi connectivity index (χ1) is 11.7. The van der Waals surface area contributed by atoms with Crippen molar-refractivity contribution < 1.29 is 27.5 Å². The maximum atomic E-state index is 13.4. The summed E-state index contributed by atoms with van der Waals surface area (Å²) in [7, 11) is 1.13. The average molecular weight is 375 g/mol. The molecule has 134 valence electrons. The molecule has 9 heteroatoms. The van der Waals surface area contributed by atoms with Crippen molar-refractivity contribution in [2.24, 2.45) is 5.73 Å². The Morgan fingerprint density at radius 2 is 1.80 bits per heavy atom. The Balaban J connectivity index is 2.60. The highest BCUT2D eigenvalue weighted by molar-refractivity contribution is 6.36. The molecule has 0 bridgehead atoms. The molecule has 2 aromatic carbocycles. The summed E-state index contributed by atoms with van der Waals surface area (Å²) < 4.78 is 45.1. The number of Topliss-reactive ketones (excluding diaryl/α,β-unsaturated/α-hetero) is 1. The second-order valence-corrected chi connectivity index (χ2v) is 5.56. The first-order valence-corrected chi connectivity index (χ1v) is 7.43. The first-order valence-electron chi connectivity index (χ1n) is 7.05. The van der Waals surface area contributed by atoms with Gasteiger partial charge in [0.15, 0.2) is 5.78 Å². The monoisotopic (exact) mass is 374 g/mol. The van der Waals surface area contributed by atoms with Gasteiger partial charge in [-0.2, -0.15) is 13.2 Å². The second-order valence-electron chi connectivity index (χ2n) is 5.15. The van der Waals surface area contributed by atoms with Gasteiger partial charge < -0.3 is 15.8 Å². The van der Waals surface area contributed by atoms with Crippen LogP contribution in [0.15, 0.2) is 24.3 Å². The molecule has 0 unspecified atom stereocenters. The number of ether oxygens (including phenoxy) is 1. The minimum absolute atomic E-state index is 0.0108. The SMILES string of the molecule is COc1ccc2c(C(=O)CNCC(N)=O)c(Cl)ccc2c1C(F)(F)F. The molecule has 0 aromatic heterocycles. The highest BCUT2D eigenvalue weighted by Gasteiger charge is 2.37. The Kier molecular flexibility index (Phi) is 5.54. The van der Waals surface area contributed by atoms with Crippen molar-refractivity contribution in [1.29, 1.82) is 0 Å². The molecule has 0 aliphatic heterocycles. The summed E-state index contributed by atoms with van der Waals surface area (Å²) >= 11 is 6.03. The van der Waals surface area contributed by atoms with E-state index in [0.29, 0.717) is 0 Å². The fourth-order valence-electron chi connectivity index (χ4n) is 2.49. The topological polar surface area (TPSA) is 81.4 Å². The van der Waals surface area contributed by atoms with Crippen molar-refractivity contribution in [2.45, 2.75) is 6.18 Å². The number of carbonyl (C=O) groups is 2. The lowest BCUT2D eigenvalue weighted by Crippen LogP contribution is -2.32. The van der Waals surface area contributed by atoms with Gasteiger partial charge in [0.1, 0.15) is 11.3 Å². The second kappa shape index (κ2) is 7.28. The number of hydrogen-bond acceptors (Lipinski definition) is 4.